The van der Waals surface area contributed by atoms with Gasteiger partial charge in [-0.15, -0.1) is 0 Å². The van der Waals surface area contributed by atoms with Gasteiger partial charge in [-0.2, -0.15) is 13.2 Å². The summed E-state index contributed by atoms with van der Waals surface area (Å²) in [4.78, 5) is 29.2. The van der Waals surface area contributed by atoms with Gasteiger partial charge in [0.05, 0.1) is 17.4 Å². The number of alkyl halides is 3. The van der Waals surface area contributed by atoms with Crippen LogP contribution in [0.4, 0.5) is 13.2 Å². The second-order valence-electron chi connectivity index (χ2n) is 8.63. The molecule has 2 aliphatic heterocycles. The first-order chi connectivity index (χ1) is 13.8. The van der Waals surface area contributed by atoms with Gasteiger partial charge in [0.2, 0.25) is 11.8 Å². The first-order valence-electron chi connectivity index (χ1n) is 10.5. The number of nitrogens with zero attached hydrogens (tertiary/aromatic N) is 1. The Morgan fingerprint density at radius 2 is 1.52 bits per heavy atom. The fourth-order valence-electron chi connectivity index (χ4n) is 5.05. The Morgan fingerprint density at radius 3 is 2.10 bits per heavy atom. The Hall–Kier alpha value is -1.93. The number of nitrogens with one attached hydrogen (secondary N) is 2. The monoisotopic (exact) mass is 411 g/mol. The third-order valence-corrected chi connectivity index (χ3v) is 6.69. The lowest BCUT2D eigenvalue weighted by atomic mass is 9.81. The summed E-state index contributed by atoms with van der Waals surface area (Å²) in [5, 5.41) is 0. The minimum Gasteiger partial charge on any atom is -0.322 e. The van der Waals surface area contributed by atoms with Crippen molar-refractivity contribution in [1.82, 2.24) is 4.90 Å². The summed E-state index contributed by atoms with van der Waals surface area (Å²) in [6.45, 7) is 4.23. The van der Waals surface area contributed by atoms with Gasteiger partial charge in [0.1, 0.15) is 32.7 Å². The Labute approximate surface area is 168 Å². The Morgan fingerprint density at radius 1 is 0.931 bits per heavy atom. The highest BCUT2D eigenvalue weighted by Crippen LogP contribution is 2.37. The molecule has 2 N–H and O–H groups in total. The Kier molecular flexibility index (Phi) is 5.66. The van der Waals surface area contributed by atoms with Crippen LogP contribution in [0.3, 0.4) is 0 Å². The number of carbonyl (C=O) groups excluding carboxylic acids is 2. The molecule has 0 spiro atoms. The number of rotatable bonds is 4. The van der Waals surface area contributed by atoms with Crippen molar-refractivity contribution < 1.29 is 32.6 Å². The maximum absolute atomic E-state index is 12.9. The Bertz CT molecular complexity index is 751. The molecule has 4 rings (SSSR count). The van der Waals surface area contributed by atoms with Gasteiger partial charge in [-0.25, -0.2) is 4.90 Å². The van der Waals surface area contributed by atoms with Crippen molar-refractivity contribution in [3.05, 3.63) is 35.4 Å². The zero-order valence-electron chi connectivity index (χ0n) is 16.4. The predicted octanol–water partition coefficient (Wildman–Crippen LogP) is 0.122. The number of benzene rings is 1. The van der Waals surface area contributed by atoms with Crippen LogP contribution in [0.5, 0.6) is 0 Å². The molecule has 2 amide bonds. The van der Waals surface area contributed by atoms with E-state index in [2.05, 4.69) is 0 Å². The van der Waals surface area contributed by atoms with E-state index >= 15 is 0 Å². The predicted molar refractivity (Wildman–Crippen MR) is 98.7 cm³/mol. The van der Waals surface area contributed by atoms with E-state index in [0.29, 0.717) is 18.8 Å². The number of likely N-dealkylation sites (tertiary alicyclic amines) is 1. The highest BCUT2D eigenvalue weighted by Gasteiger charge is 2.49. The summed E-state index contributed by atoms with van der Waals surface area (Å²) in [7, 11) is 0. The van der Waals surface area contributed by atoms with Crippen molar-refractivity contribution in [2.45, 2.75) is 38.4 Å². The minimum atomic E-state index is -4.32. The molecule has 0 bridgehead atoms. The van der Waals surface area contributed by atoms with Crippen LogP contribution in [-0.4, -0.2) is 49.6 Å². The quantitative estimate of drug-likeness (QED) is 0.692. The average molecular weight is 411 g/mol. The first kappa shape index (κ1) is 20.3. The number of imide groups is 1. The van der Waals surface area contributed by atoms with E-state index in [1.165, 1.54) is 26.8 Å². The molecule has 2 heterocycles. The van der Waals surface area contributed by atoms with Gasteiger partial charge in [-0.1, -0.05) is 25.0 Å². The SMILES string of the molecule is O=C1[C@H]2CCCC[C@@H]2C(=O)N1C[NH+]1CC[NH+](Cc2cccc(C(F)(F)F)c2)CC1. The third-order valence-electron chi connectivity index (χ3n) is 6.69. The minimum absolute atomic E-state index is 0.00550. The normalized spacial score (nSPS) is 30.5. The zero-order chi connectivity index (χ0) is 20.6. The van der Waals surface area contributed by atoms with Gasteiger partial charge in [-0.05, 0) is 25.0 Å². The van der Waals surface area contributed by atoms with E-state index in [-0.39, 0.29) is 23.7 Å². The summed E-state index contributed by atoms with van der Waals surface area (Å²) >= 11 is 0. The fraction of sp³-hybridized carbons (Fsp3) is 0.619. The average Bonchev–Trinajstić information content (AvgIpc) is 2.94. The van der Waals surface area contributed by atoms with Crippen LogP contribution in [0.2, 0.25) is 0 Å². The molecule has 29 heavy (non-hydrogen) atoms. The van der Waals surface area contributed by atoms with Crippen molar-refractivity contribution in [1.29, 1.82) is 0 Å². The number of piperazine rings is 1. The lowest BCUT2D eigenvalue weighted by Gasteiger charge is -2.31. The van der Waals surface area contributed by atoms with Crippen LogP contribution in [0, 0.1) is 11.8 Å². The van der Waals surface area contributed by atoms with Crippen molar-refractivity contribution in [2.75, 3.05) is 32.8 Å². The molecule has 1 saturated carbocycles. The number of carbonyl (C=O) groups is 2. The maximum atomic E-state index is 12.9. The van der Waals surface area contributed by atoms with Crippen LogP contribution in [0.15, 0.2) is 24.3 Å². The van der Waals surface area contributed by atoms with E-state index in [0.717, 1.165) is 57.9 Å². The summed E-state index contributed by atoms with van der Waals surface area (Å²) in [6.07, 6.45) is -0.608. The molecular weight excluding hydrogens is 383 g/mol. The van der Waals surface area contributed by atoms with Crippen LogP contribution >= 0.6 is 0 Å². The Balaban J connectivity index is 1.30. The second kappa shape index (κ2) is 8.07. The molecule has 0 unspecified atom stereocenters. The van der Waals surface area contributed by atoms with E-state index in [1.807, 2.05) is 0 Å². The third kappa shape index (κ3) is 4.33. The topological polar surface area (TPSA) is 46.3 Å². The van der Waals surface area contributed by atoms with Gasteiger partial charge in [-0.3, -0.25) is 9.59 Å². The molecule has 2 saturated heterocycles. The summed E-state index contributed by atoms with van der Waals surface area (Å²) < 4.78 is 38.7. The molecule has 3 aliphatic rings. The fourth-order valence-corrected chi connectivity index (χ4v) is 5.05. The van der Waals surface area contributed by atoms with Crippen LogP contribution in [0.25, 0.3) is 0 Å². The molecule has 2 atom stereocenters. The molecule has 1 aromatic carbocycles. The van der Waals surface area contributed by atoms with Crippen molar-refractivity contribution in [3.63, 3.8) is 0 Å². The lowest BCUT2D eigenvalue weighted by molar-refractivity contribution is -1.02. The largest absolute Gasteiger partial charge is 0.416 e. The van der Waals surface area contributed by atoms with Crippen molar-refractivity contribution >= 4 is 11.8 Å². The van der Waals surface area contributed by atoms with Crippen molar-refractivity contribution in [3.8, 4) is 0 Å². The number of amides is 2. The highest BCUT2D eigenvalue weighted by atomic mass is 19.4. The zero-order valence-corrected chi connectivity index (χ0v) is 16.4. The van der Waals surface area contributed by atoms with Crippen LogP contribution < -0.4 is 9.80 Å². The van der Waals surface area contributed by atoms with Gasteiger partial charge >= 0.3 is 6.18 Å². The van der Waals surface area contributed by atoms with Gasteiger partial charge in [0.25, 0.3) is 0 Å². The van der Waals surface area contributed by atoms with Crippen molar-refractivity contribution in [2.24, 2.45) is 11.8 Å². The second-order valence-corrected chi connectivity index (χ2v) is 8.63. The molecule has 5 nitrogen and oxygen atoms in total. The summed E-state index contributed by atoms with van der Waals surface area (Å²) in [6, 6.07) is 5.53. The number of hydrogen-bond acceptors (Lipinski definition) is 2. The first-order valence-corrected chi connectivity index (χ1v) is 10.5. The van der Waals surface area contributed by atoms with E-state index in [1.54, 1.807) is 6.07 Å². The molecule has 3 fully saturated rings. The summed E-state index contributed by atoms with van der Waals surface area (Å²) in [5.41, 5.74) is 0.0819. The maximum Gasteiger partial charge on any atom is 0.416 e. The highest BCUT2D eigenvalue weighted by molar-refractivity contribution is 6.05. The summed E-state index contributed by atoms with van der Waals surface area (Å²) in [5.74, 6) is -0.205. The lowest BCUT2D eigenvalue weighted by Crippen LogP contribution is -3.28. The van der Waals surface area contributed by atoms with Crippen LogP contribution in [-0.2, 0) is 22.3 Å². The molecule has 1 aliphatic carbocycles. The van der Waals surface area contributed by atoms with Gasteiger partial charge < -0.3 is 9.80 Å². The van der Waals surface area contributed by atoms with E-state index in [9.17, 15) is 22.8 Å². The number of quaternary nitrogens is 2. The van der Waals surface area contributed by atoms with E-state index < -0.39 is 11.7 Å². The molecule has 8 heteroatoms. The molecule has 0 aromatic heterocycles. The molecule has 0 radical (unpaired) electrons. The number of halogens is 3. The smallest absolute Gasteiger partial charge is 0.322 e. The molecule has 1 aromatic rings. The number of fused-ring (bicyclic) bond motifs is 1. The molecule has 158 valence electrons. The molecular formula is C21H28F3N3O2+2. The van der Waals surface area contributed by atoms with Gasteiger partial charge in [0, 0.05) is 5.56 Å². The van der Waals surface area contributed by atoms with Gasteiger partial charge in [0.15, 0.2) is 6.67 Å². The number of hydrogen-bond donors (Lipinski definition) is 2. The van der Waals surface area contributed by atoms with Crippen LogP contribution in [0.1, 0.15) is 36.8 Å². The van der Waals surface area contributed by atoms with E-state index in [4.69, 9.17) is 0 Å². The standard InChI is InChI=1S/C21H26F3N3O2/c22-21(23,24)16-5-3-4-15(12-16)13-25-8-10-26(11-9-25)14-27-19(28)17-6-1-2-7-18(17)20(27)29/h3-5,12,17-18H,1-2,6-11,13-14H2/p+2/t17-,18-/m0/s1.